The lowest BCUT2D eigenvalue weighted by Crippen LogP contribution is -2.00. The first-order chi connectivity index (χ1) is 8.20. The van der Waals surface area contributed by atoms with Crippen molar-refractivity contribution in [2.24, 2.45) is 0 Å². The molecule has 88 valence electrons. The van der Waals surface area contributed by atoms with Crippen molar-refractivity contribution in [3.8, 4) is 0 Å². The van der Waals surface area contributed by atoms with Gasteiger partial charge in [0.05, 0.1) is 6.20 Å². The summed E-state index contributed by atoms with van der Waals surface area (Å²) < 4.78 is 1.68. The van der Waals surface area contributed by atoms with Gasteiger partial charge in [-0.15, -0.1) is 0 Å². The smallest absolute Gasteiger partial charge is 0.0543 e. The highest BCUT2D eigenvalue weighted by atomic mass is 35.5. The molecule has 0 unspecified atom stereocenters. The molecule has 3 nitrogen and oxygen atoms in total. The van der Waals surface area contributed by atoms with Crippen LogP contribution in [0.3, 0.4) is 0 Å². The molecule has 1 N–H and O–H groups in total. The Morgan fingerprint density at radius 3 is 3.06 bits per heavy atom. The van der Waals surface area contributed by atoms with Gasteiger partial charge >= 0.3 is 0 Å². The summed E-state index contributed by atoms with van der Waals surface area (Å²) in [7, 11) is 0. The average Bonchev–Trinajstić information content (AvgIpc) is 2.79. The van der Waals surface area contributed by atoms with Crippen LogP contribution in [0.5, 0.6) is 0 Å². The fraction of sp³-hybridized carbons (Fsp3) is 0.154. The fourth-order valence-electron chi connectivity index (χ4n) is 1.56. The van der Waals surface area contributed by atoms with Gasteiger partial charge in [-0.2, -0.15) is 5.10 Å². The molecule has 0 atom stereocenters. The molecular formula is C13H14ClN3. The first-order valence-corrected chi connectivity index (χ1v) is 5.73. The van der Waals surface area contributed by atoms with E-state index in [1.165, 1.54) is 0 Å². The predicted molar refractivity (Wildman–Crippen MR) is 72.1 cm³/mol. The molecule has 0 bridgehead atoms. The molecule has 0 aliphatic heterocycles. The molecule has 4 heteroatoms. The van der Waals surface area contributed by atoms with Crippen molar-refractivity contribution in [2.45, 2.75) is 13.5 Å². The Hall–Kier alpha value is -1.74. The van der Waals surface area contributed by atoms with Gasteiger partial charge < -0.3 is 5.32 Å². The van der Waals surface area contributed by atoms with Gasteiger partial charge in [-0.25, -0.2) is 4.68 Å². The van der Waals surface area contributed by atoms with E-state index < -0.39 is 0 Å². The van der Waals surface area contributed by atoms with Crippen molar-refractivity contribution < 1.29 is 0 Å². The van der Waals surface area contributed by atoms with Crippen LogP contribution >= 0.6 is 11.6 Å². The number of anilines is 1. The zero-order valence-corrected chi connectivity index (χ0v) is 10.4. The summed E-state index contributed by atoms with van der Waals surface area (Å²) in [5.41, 5.74) is 3.21. The molecule has 0 fully saturated rings. The Morgan fingerprint density at radius 1 is 1.53 bits per heavy atom. The first-order valence-electron chi connectivity index (χ1n) is 5.35. The Labute approximate surface area is 106 Å². The minimum absolute atomic E-state index is 0.717. The summed E-state index contributed by atoms with van der Waals surface area (Å²) in [5, 5.41) is 8.23. The second-order valence-corrected chi connectivity index (χ2v) is 4.18. The molecule has 0 radical (unpaired) electrons. The van der Waals surface area contributed by atoms with E-state index in [1.807, 2.05) is 37.5 Å². The van der Waals surface area contributed by atoms with Crippen LogP contribution in [0.1, 0.15) is 11.1 Å². The van der Waals surface area contributed by atoms with Crippen LogP contribution in [0.15, 0.2) is 37.2 Å². The van der Waals surface area contributed by atoms with Gasteiger partial charge in [-0.05, 0) is 24.6 Å². The van der Waals surface area contributed by atoms with Gasteiger partial charge in [0.1, 0.15) is 0 Å². The highest BCUT2D eigenvalue weighted by Crippen LogP contribution is 2.23. The number of hydrogen-bond acceptors (Lipinski definition) is 2. The lowest BCUT2D eigenvalue weighted by atomic mass is 10.2. The molecule has 0 amide bonds. The van der Waals surface area contributed by atoms with Crippen molar-refractivity contribution in [2.75, 3.05) is 5.32 Å². The van der Waals surface area contributed by atoms with Crippen LogP contribution in [-0.4, -0.2) is 9.78 Å². The summed E-state index contributed by atoms with van der Waals surface area (Å²) in [4.78, 5) is 0. The number of rotatable bonds is 4. The van der Waals surface area contributed by atoms with E-state index in [2.05, 4.69) is 17.0 Å². The van der Waals surface area contributed by atoms with Crippen molar-refractivity contribution in [3.05, 3.63) is 53.3 Å². The van der Waals surface area contributed by atoms with E-state index in [1.54, 1.807) is 10.9 Å². The van der Waals surface area contributed by atoms with Gasteiger partial charge in [0, 0.05) is 35.2 Å². The van der Waals surface area contributed by atoms with Gasteiger partial charge in [0.25, 0.3) is 0 Å². The fourth-order valence-corrected chi connectivity index (χ4v) is 1.74. The SMILES string of the molecule is C=Cn1cc(CNc2cccc(Cl)c2C)cn1. The van der Waals surface area contributed by atoms with Crippen molar-refractivity contribution in [1.82, 2.24) is 9.78 Å². The van der Waals surface area contributed by atoms with Gasteiger partial charge in [-0.3, -0.25) is 0 Å². The molecule has 2 aromatic rings. The molecule has 2 rings (SSSR count). The first kappa shape index (κ1) is 11.7. The Bertz CT molecular complexity index is 531. The third-order valence-corrected chi connectivity index (χ3v) is 3.00. The zero-order chi connectivity index (χ0) is 12.3. The Balaban J connectivity index is 2.07. The second-order valence-electron chi connectivity index (χ2n) is 3.78. The molecule has 0 saturated carbocycles. The number of aromatic nitrogens is 2. The summed E-state index contributed by atoms with van der Waals surface area (Å²) in [5.74, 6) is 0. The van der Waals surface area contributed by atoms with E-state index in [4.69, 9.17) is 11.6 Å². The Kier molecular flexibility index (Phi) is 3.49. The minimum atomic E-state index is 0.717. The van der Waals surface area contributed by atoms with Crippen LogP contribution in [0, 0.1) is 6.92 Å². The van der Waals surface area contributed by atoms with Crippen molar-refractivity contribution >= 4 is 23.5 Å². The molecular weight excluding hydrogens is 234 g/mol. The number of nitrogens with zero attached hydrogens (tertiary/aromatic N) is 2. The topological polar surface area (TPSA) is 29.9 Å². The molecule has 0 aliphatic rings. The van der Waals surface area contributed by atoms with E-state index >= 15 is 0 Å². The largest absolute Gasteiger partial charge is 0.381 e. The van der Waals surface area contributed by atoms with Gasteiger partial charge in [0.15, 0.2) is 0 Å². The third-order valence-electron chi connectivity index (χ3n) is 2.59. The number of halogens is 1. The molecule has 1 aromatic carbocycles. The second kappa shape index (κ2) is 5.06. The van der Waals surface area contributed by atoms with Gasteiger partial charge in [-0.1, -0.05) is 24.2 Å². The standard InChI is InChI=1S/C13H14ClN3/c1-3-17-9-11(8-16-17)7-15-13-6-4-5-12(14)10(13)2/h3-6,8-9,15H,1,7H2,2H3. The van der Waals surface area contributed by atoms with E-state index in [9.17, 15) is 0 Å². The highest BCUT2D eigenvalue weighted by Gasteiger charge is 2.02. The maximum absolute atomic E-state index is 6.05. The quantitative estimate of drug-likeness (QED) is 0.895. The van der Waals surface area contributed by atoms with E-state index in [-0.39, 0.29) is 0 Å². The molecule has 1 heterocycles. The van der Waals surface area contributed by atoms with E-state index in [0.717, 1.165) is 28.4 Å². The molecule has 0 spiro atoms. The summed E-state index contributed by atoms with van der Waals surface area (Å²) in [6, 6.07) is 5.84. The molecule has 0 aliphatic carbocycles. The minimum Gasteiger partial charge on any atom is -0.381 e. The van der Waals surface area contributed by atoms with Crippen molar-refractivity contribution in [1.29, 1.82) is 0 Å². The van der Waals surface area contributed by atoms with E-state index in [0.29, 0.717) is 0 Å². The summed E-state index contributed by atoms with van der Waals surface area (Å²) in [6.07, 6.45) is 5.41. The number of nitrogens with one attached hydrogen (secondary N) is 1. The predicted octanol–water partition coefficient (Wildman–Crippen LogP) is 3.56. The maximum atomic E-state index is 6.05. The summed E-state index contributed by atoms with van der Waals surface area (Å²) >= 11 is 6.05. The maximum Gasteiger partial charge on any atom is 0.0543 e. The van der Waals surface area contributed by atoms with Gasteiger partial charge in [0.2, 0.25) is 0 Å². The van der Waals surface area contributed by atoms with Crippen molar-refractivity contribution in [3.63, 3.8) is 0 Å². The normalized spacial score (nSPS) is 10.2. The Morgan fingerprint density at radius 2 is 2.35 bits per heavy atom. The van der Waals surface area contributed by atoms with Crippen LogP contribution in [0.4, 0.5) is 5.69 Å². The monoisotopic (exact) mass is 247 g/mol. The zero-order valence-electron chi connectivity index (χ0n) is 9.65. The van der Waals surface area contributed by atoms with Crippen LogP contribution in [0.25, 0.3) is 6.20 Å². The average molecular weight is 248 g/mol. The van der Waals surface area contributed by atoms with Crippen LogP contribution in [0.2, 0.25) is 5.02 Å². The lowest BCUT2D eigenvalue weighted by Gasteiger charge is -2.09. The third kappa shape index (κ3) is 2.68. The summed E-state index contributed by atoms with van der Waals surface area (Å²) in [6.45, 7) is 6.37. The number of benzene rings is 1. The lowest BCUT2D eigenvalue weighted by molar-refractivity contribution is 0.936. The molecule has 0 saturated heterocycles. The molecule has 17 heavy (non-hydrogen) atoms. The molecule has 1 aromatic heterocycles. The van der Waals surface area contributed by atoms with Crippen LogP contribution < -0.4 is 5.32 Å². The highest BCUT2D eigenvalue weighted by molar-refractivity contribution is 6.31. The van der Waals surface area contributed by atoms with Crippen LogP contribution in [-0.2, 0) is 6.54 Å². The number of hydrogen-bond donors (Lipinski definition) is 1.